The van der Waals surface area contributed by atoms with Gasteiger partial charge in [0.05, 0.1) is 10.6 Å². The number of aromatic nitrogens is 2. The Morgan fingerprint density at radius 3 is 2.45 bits per heavy atom. The first-order chi connectivity index (χ1) is 15.0. The second kappa shape index (κ2) is 9.77. The molecule has 0 spiro atoms. The molecule has 3 aromatic rings. The van der Waals surface area contributed by atoms with Crippen molar-refractivity contribution in [3.05, 3.63) is 71.9 Å². The van der Waals surface area contributed by atoms with Gasteiger partial charge in [0, 0.05) is 23.8 Å². The normalized spacial score (nSPS) is 15.4. The van der Waals surface area contributed by atoms with Gasteiger partial charge < -0.3 is 5.32 Å². The SMILES string of the molecule is Cc1ccc(S(=O)(=O)N(CCCc2cc(-c3ccccc3)n[nH]2)C2CCNCC2)cc1. The summed E-state index contributed by atoms with van der Waals surface area (Å²) in [6, 6.07) is 19.3. The van der Waals surface area contributed by atoms with Gasteiger partial charge in [-0.15, -0.1) is 0 Å². The summed E-state index contributed by atoms with van der Waals surface area (Å²) in [5.41, 5.74) is 4.07. The number of hydrogen-bond acceptors (Lipinski definition) is 4. The predicted molar refractivity (Wildman–Crippen MR) is 123 cm³/mol. The number of nitrogens with zero attached hydrogens (tertiary/aromatic N) is 2. The van der Waals surface area contributed by atoms with Crippen molar-refractivity contribution < 1.29 is 8.42 Å². The first kappa shape index (κ1) is 21.7. The van der Waals surface area contributed by atoms with Gasteiger partial charge in [0.25, 0.3) is 0 Å². The van der Waals surface area contributed by atoms with Crippen LogP contribution in [0.4, 0.5) is 0 Å². The number of aryl methyl sites for hydroxylation is 2. The molecule has 7 heteroatoms. The van der Waals surface area contributed by atoms with Crippen molar-refractivity contribution in [2.75, 3.05) is 19.6 Å². The smallest absolute Gasteiger partial charge is 0.243 e. The molecular formula is C24H30N4O2S. The number of hydrogen-bond donors (Lipinski definition) is 2. The third-order valence-corrected chi connectivity index (χ3v) is 7.83. The molecule has 1 saturated heterocycles. The third-order valence-electron chi connectivity index (χ3n) is 5.87. The zero-order valence-corrected chi connectivity index (χ0v) is 18.7. The predicted octanol–water partition coefficient (Wildman–Crippen LogP) is 3.76. The average molecular weight is 439 g/mol. The van der Waals surface area contributed by atoms with E-state index in [0.29, 0.717) is 11.4 Å². The van der Waals surface area contributed by atoms with Gasteiger partial charge in [-0.05, 0) is 63.9 Å². The Balaban J connectivity index is 1.47. The minimum Gasteiger partial charge on any atom is -0.317 e. The number of H-pyrrole nitrogens is 1. The minimum absolute atomic E-state index is 0.0363. The van der Waals surface area contributed by atoms with Crippen LogP contribution in [-0.2, 0) is 16.4 Å². The highest BCUT2D eigenvalue weighted by atomic mass is 32.2. The first-order valence-corrected chi connectivity index (χ1v) is 12.4. The molecule has 1 fully saturated rings. The van der Waals surface area contributed by atoms with Crippen LogP contribution in [0.25, 0.3) is 11.3 Å². The molecule has 1 aromatic heterocycles. The maximum absolute atomic E-state index is 13.5. The van der Waals surface area contributed by atoms with Crippen LogP contribution in [0, 0.1) is 6.92 Å². The molecule has 0 saturated carbocycles. The fourth-order valence-electron chi connectivity index (χ4n) is 4.11. The summed E-state index contributed by atoms with van der Waals surface area (Å²) in [5.74, 6) is 0. The Morgan fingerprint density at radius 2 is 1.74 bits per heavy atom. The number of rotatable bonds is 8. The van der Waals surface area contributed by atoms with E-state index in [2.05, 4.69) is 21.6 Å². The Bertz CT molecular complexity index is 1070. The van der Waals surface area contributed by atoms with Crippen LogP contribution < -0.4 is 5.32 Å². The molecule has 0 amide bonds. The van der Waals surface area contributed by atoms with Gasteiger partial charge in [-0.2, -0.15) is 9.40 Å². The molecule has 0 bridgehead atoms. The minimum atomic E-state index is -3.53. The Kier molecular flexibility index (Phi) is 6.85. The van der Waals surface area contributed by atoms with Crippen molar-refractivity contribution in [2.45, 2.75) is 43.5 Å². The van der Waals surface area contributed by atoms with Gasteiger partial charge in [-0.3, -0.25) is 5.10 Å². The highest BCUT2D eigenvalue weighted by Gasteiger charge is 2.31. The third kappa shape index (κ3) is 5.23. The van der Waals surface area contributed by atoms with Gasteiger partial charge in [0.15, 0.2) is 0 Å². The molecular weight excluding hydrogens is 408 g/mol. The van der Waals surface area contributed by atoms with Gasteiger partial charge >= 0.3 is 0 Å². The van der Waals surface area contributed by atoms with E-state index in [4.69, 9.17) is 0 Å². The number of nitrogens with one attached hydrogen (secondary N) is 2. The van der Waals surface area contributed by atoms with E-state index in [1.807, 2.05) is 49.4 Å². The molecule has 0 aliphatic carbocycles. The maximum atomic E-state index is 13.5. The summed E-state index contributed by atoms with van der Waals surface area (Å²) >= 11 is 0. The first-order valence-electron chi connectivity index (χ1n) is 10.9. The number of piperidine rings is 1. The van der Waals surface area contributed by atoms with Crippen LogP contribution in [0.2, 0.25) is 0 Å². The molecule has 31 heavy (non-hydrogen) atoms. The fourth-order valence-corrected chi connectivity index (χ4v) is 5.83. The standard InChI is InChI=1S/C24H30N4O2S/c1-19-9-11-23(12-10-19)31(29,30)28(22-13-15-25-16-14-22)17-5-8-21-18-24(27-26-21)20-6-3-2-4-7-20/h2-4,6-7,9-12,18,22,25H,5,8,13-17H2,1H3,(H,26,27). The zero-order valence-electron chi connectivity index (χ0n) is 17.9. The van der Waals surface area contributed by atoms with Crippen LogP contribution in [0.1, 0.15) is 30.5 Å². The molecule has 1 aliphatic rings. The largest absolute Gasteiger partial charge is 0.317 e. The van der Waals surface area contributed by atoms with Crippen LogP contribution in [0.15, 0.2) is 65.6 Å². The summed E-state index contributed by atoms with van der Waals surface area (Å²) < 4.78 is 28.6. The highest BCUT2D eigenvalue weighted by molar-refractivity contribution is 7.89. The summed E-state index contributed by atoms with van der Waals surface area (Å²) in [7, 11) is -3.53. The molecule has 1 aliphatic heterocycles. The van der Waals surface area contributed by atoms with Gasteiger partial charge in [-0.1, -0.05) is 48.0 Å². The van der Waals surface area contributed by atoms with Crippen molar-refractivity contribution in [3.63, 3.8) is 0 Å². The molecule has 6 nitrogen and oxygen atoms in total. The van der Waals surface area contributed by atoms with Crippen LogP contribution in [0.3, 0.4) is 0 Å². The average Bonchev–Trinajstić information content (AvgIpc) is 3.27. The van der Waals surface area contributed by atoms with E-state index in [0.717, 1.165) is 61.3 Å². The lowest BCUT2D eigenvalue weighted by Gasteiger charge is -2.33. The summed E-state index contributed by atoms with van der Waals surface area (Å²) in [4.78, 5) is 0.379. The Labute approximate surface area is 184 Å². The number of aromatic amines is 1. The van der Waals surface area contributed by atoms with E-state index in [1.54, 1.807) is 16.4 Å². The number of benzene rings is 2. The maximum Gasteiger partial charge on any atom is 0.243 e. The molecule has 0 radical (unpaired) electrons. The molecule has 164 valence electrons. The lowest BCUT2D eigenvalue weighted by Crippen LogP contribution is -2.46. The van der Waals surface area contributed by atoms with Gasteiger partial charge in [0.1, 0.15) is 0 Å². The lowest BCUT2D eigenvalue weighted by molar-refractivity contribution is 0.260. The second-order valence-corrected chi connectivity index (χ2v) is 10.0. The van der Waals surface area contributed by atoms with E-state index >= 15 is 0 Å². The molecule has 0 unspecified atom stereocenters. The van der Waals surface area contributed by atoms with Crippen molar-refractivity contribution in [1.29, 1.82) is 0 Å². The molecule has 4 rings (SSSR count). The quantitative estimate of drug-likeness (QED) is 0.561. The van der Waals surface area contributed by atoms with Crippen molar-refractivity contribution >= 4 is 10.0 Å². The van der Waals surface area contributed by atoms with Crippen molar-refractivity contribution in [1.82, 2.24) is 19.8 Å². The molecule has 2 N–H and O–H groups in total. The van der Waals surface area contributed by atoms with Crippen molar-refractivity contribution in [2.24, 2.45) is 0 Å². The van der Waals surface area contributed by atoms with Crippen LogP contribution in [0.5, 0.6) is 0 Å². The number of sulfonamides is 1. The summed E-state index contributed by atoms with van der Waals surface area (Å²) in [6.07, 6.45) is 3.18. The monoisotopic (exact) mass is 438 g/mol. The second-order valence-electron chi connectivity index (χ2n) is 8.16. The van der Waals surface area contributed by atoms with Crippen molar-refractivity contribution in [3.8, 4) is 11.3 Å². The van der Waals surface area contributed by atoms with Crippen LogP contribution in [-0.4, -0.2) is 48.6 Å². The Morgan fingerprint density at radius 1 is 1.03 bits per heavy atom. The summed E-state index contributed by atoms with van der Waals surface area (Å²) in [5, 5.41) is 10.9. The van der Waals surface area contributed by atoms with E-state index in [-0.39, 0.29) is 6.04 Å². The van der Waals surface area contributed by atoms with Gasteiger partial charge in [-0.25, -0.2) is 8.42 Å². The van der Waals surface area contributed by atoms with Gasteiger partial charge in [0.2, 0.25) is 10.0 Å². The Hall–Kier alpha value is -2.48. The van der Waals surface area contributed by atoms with E-state index < -0.39 is 10.0 Å². The molecule has 2 aromatic carbocycles. The van der Waals surface area contributed by atoms with E-state index in [9.17, 15) is 8.42 Å². The van der Waals surface area contributed by atoms with E-state index in [1.165, 1.54) is 0 Å². The highest BCUT2D eigenvalue weighted by Crippen LogP contribution is 2.24. The molecule has 0 atom stereocenters. The topological polar surface area (TPSA) is 78.1 Å². The molecule has 2 heterocycles. The lowest BCUT2D eigenvalue weighted by atomic mass is 10.1. The fraction of sp³-hybridized carbons (Fsp3) is 0.375. The zero-order chi connectivity index (χ0) is 21.7. The summed E-state index contributed by atoms with van der Waals surface area (Å²) in [6.45, 7) is 4.17. The van der Waals surface area contributed by atoms with Crippen LogP contribution >= 0.6 is 0 Å².